The van der Waals surface area contributed by atoms with Crippen molar-refractivity contribution in [1.82, 2.24) is 14.9 Å². The standard InChI is InChI=1S/C25H26N4O4/c1-4-22-27-19-14-16(24(30)26-12-11-17-8-7-13-33-17)15-20(23(19)29(22)2)28-25(31)18-9-5-6-10-21(18)32-3/h5-10,13-15H,4,11-12H2,1-3H3,(H,26,30)(H,28,31). The molecule has 2 heterocycles. The van der Waals surface area contributed by atoms with Crippen LogP contribution in [0.25, 0.3) is 11.0 Å². The normalized spacial score (nSPS) is 10.9. The summed E-state index contributed by atoms with van der Waals surface area (Å²) >= 11 is 0. The Balaban J connectivity index is 1.65. The van der Waals surface area contributed by atoms with Crippen molar-refractivity contribution >= 4 is 28.5 Å². The lowest BCUT2D eigenvalue weighted by Crippen LogP contribution is -2.26. The van der Waals surface area contributed by atoms with Crippen molar-refractivity contribution in [3.05, 3.63) is 77.5 Å². The van der Waals surface area contributed by atoms with Gasteiger partial charge in [-0.3, -0.25) is 9.59 Å². The van der Waals surface area contributed by atoms with Gasteiger partial charge in [0.25, 0.3) is 11.8 Å². The fourth-order valence-corrected chi connectivity index (χ4v) is 3.82. The third kappa shape index (κ3) is 4.59. The molecule has 0 aliphatic carbocycles. The van der Waals surface area contributed by atoms with Crippen LogP contribution in [-0.4, -0.2) is 35.0 Å². The number of carbonyl (C=O) groups excluding carboxylic acids is 2. The van der Waals surface area contributed by atoms with E-state index in [1.54, 1.807) is 42.7 Å². The third-order valence-electron chi connectivity index (χ3n) is 5.48. The molecule has 2 aromatic carbocycles. The zero-order valence-electron chi connectivity index (χ0n) is 18.8. The van der Waals surface area contributed by atoms with Gasteiger partial charge in [-0.15, -0.1) is 0 Å². The third-order valence-corrected chi connectivity index (χ3v) is 5.48. The minimum absolute atomic E-state index is 0.250. The van der Waals surface area contributed by atoms with E-state index in [-0.39, 0.29) is 11.8 Å². The van der Waals surface area contributed by atoms with E-state index < -0.39 is 0 Å². The number of rotatable bonds is 8. The number of fused-ring (bicyclic) bond motifs is 1. The van der Waals surface area contributed by atoms with Gasteiger partial charge >= 0.3 is 0 Å². The molecule has 0 unspecified atom stereocenters. The highest BCUT2D eigenvalue weighted by Gasteiger charge is 2.19. The minimum atomic E-state index is -0.330. The lowest BCUT2D eigenvalue weighted by atomic mass is 10.1. The van der Waals surface area contributed by atoms with Gasteiger partial charge in [0.2, 0.25) is 0 Å². The molecule has 0 spiro atoms. The first kappa shape index (κ1) is 22.1. The molecule has 0 radical (unpaired) electrons. The second-order valence-electron chi connectivity index (χ2n) is 7.57. The van der Waals surface area contributed by atoms with Gasteiger partial charge in [0, 0.05) is 32.0 Å². The topological polar surface area (TPSA) is 98.4 Å². The van der Waals surface area contributed by atoms with Gasteiger partial charge in [-0.25, -0.2) is 4.98 Å². The molecule has 8 heteroatoms. The number of aryl methyl sites for hydroxylation is 2. The Labute approximate surface area is 191 Å². The highest BCUT2D eigenvalue weighted by atomic mass is 16.5. The molecule has 0 saturated heterocycles. The Kier molecular flexibility index (Phi) is 6.44. The van der Waals surface area contributed by atoms with Crippen molar-refractivity contribution < 1.29 is 18.7 Å². The van der Waals surface area contributed by atoms with Gasteiger partial charge < -0.3 is 24.4 Å². The number of aromatic nitrogens is 2. The number of nitrogens with zero attached hydrogens (tertiary/aromatic N) is 2. The summed E-state index contributed by atoms with van der Waals surface area (Å²) in [7, 11) is 3.42. The van der Waals surface area contributed by atoms with Gasteiger partial charge in [0.15, 0.2) is 0 Å². The minimum Gasteiger partial charge on any atom is -0.496 e. The van der Waals surface area contributed by atoms with Gasteiger partial charge in [0.05, 0.1) is 35.7 Å². The van der Waals surface area contributed by atoms with Gasteiger partial charge in [-0.2, -0.15) is 0 Å². The number of nitrogens with one attached hydrogen (secondary N) is 2. The molecule has 0 aliphatic heterocycles. The first-order chi connectivity index (χ1) is 16.0. The summed E-state index contributed by atoms with van der Waals surface area (Å²) in [4.78, 5) is 30.6. The second kappa shape index (κ2) is 9.60. The van der Waals surface area contributed by atoms with Crippen molar-refractivity contribution in [2.45, 2.75) is 19.8 Å². The number of anilines is 1. The van der Waals surface area contributed by atoms with Gasteiger partial charge in [0.1, 0.15) is 17.3 Å². The van der Waals surface area contributed by atoms with Crippen LogP contribution in [0.1, 0.15) is 39.2 Å². The number of hydrogen-bond donors (Lipinski definition) is 2. The Bertz CT molecular complexity index is 1290. The van der Waals surface area contributed by atoms with Crippen molar-refractivity contribution in [3.8, 4) is 5.75 Å². The van der Waals surface area contributed by atoms with E-state index in [0.717, 1.165) is 23.5 Å². The van der Waals surface area contributed by atoms with E-state index in [2.05, 4.69) is 15.6 Å². The Hall–Kier alpha value is -4.07. The Morgan fingerprint density at radius 3 is 2.67 bits per heavy atom. The van der Waals surface area contributed by atoms with E-state index in [0.29, 0.717) is 41.0 Å². The first-order valence-electron chi connectivity index (χ1n) is 10.8. The van der Waals surface area contributed by atoms with Crippen LogP contribution < -0.4 is 15.4 Å². The average molecular weight is 447 g/mol. The number of imidazole rings is 1. The molecule has 2 amide bonds. The summed E-state index contributed by atoms with van der Waals surface area (Å²) < 4.78 is 12.6. The lowest BCUT2D eigenvalue weighted by Gasteiger charge is -2.13. The lowest BCUT2D eigenvalue weighted by molar-refractivity contribution is 0.0952. The number of methoxy groups -OCH3 is 1. The molecular formula is C25H26N4O4. The maximum absolute atomic E-state index is 13.1. The first-order valence-corrected chi connectivity index (χ1v) is 10.8. The zero-order chi connectivity index (χ0) is 23.4. The average Bonchev–Trinajstić information content (AvgIpc) is 3.46. The van der Waals surface area contributed by atoms with E-state index in [1.807, 2.05) is 30.7 Å². The molecule has 2 aromatic heterocycles. The molecule has 170 valence electrons. The number of hydrogen-bond acceptors (Lipinski definition) is 5. The molecule has 0 bridgehead atoms. The van der Waals surface area contributed by atoms with Crippen molar-refractivity contribution in [2.24, 2.45) is 7.05 Å². The number of para-hydroxylation sites is 1. The number of carbonyl (C=O) groups is 2. The molecule has 0 atom stereocenters. The second-order valence-corrected chi connectivity index (χ2v) is 7.57. The molecule has 4 aromatic rings. The largest absolute Gasteiger partial charge is 0.496 e. The smallest absolute Gasteiger partial charge is 0.259 e. The van der Waals surface area contributed by atoms with Crippen molar-refractivity contribution in [2.75, 3.05) is 19.0 Å². The van der Waals surface area contributed by atoms with Gasteiger partial charge in [-0.1, -0.05) is 19.1 Å². The number of ether oxygens (including phenoxy) is 1. The summed E-state index contributed by atoms with van der Waals surface area (Å²) in [6, 6.07) is 14.1. The van der Waals surface area contributed by atoms with Crippen LogP contribution in [-0.2, 0) is 19.9 Å². The maximum atomic E-state index is 13.1. The quantitative estimate of drug-likeness (QED) is 0.427. The number of amides is 2. The monoisotopic (exact) mass is 446 g/mol. The predicted molar refractivity (Wildman–Crippen MR) is 126 cm³/mol. The highest BCUT2D eigenvalue weighted by Crippen LogP contribution is 2.28. The zero-order valence-corrected chi connectivity index (χ0v) is 18.8. The number of benzene rings is 2. The Morgan fingerprint density at radius 1 is 1.12 bits per heavy atom. The molecule has 4 rings (SSSR count). The van der Waals surface area contributed by atoms with E-state index in [1.165, 1.54) is 7.11 Å². The fraction of sp³-hybridized carbons (Fsp3) is 0.240. The molecule has 0 aliphatic rings. The van der Waals surface area contributed by atoms with Crippen LogP contribution in [0.2, 0.25) is 0 Å². The van der Waals surface area contributed by atoms with Crippen molar-refractivity contribution in [1.29, 1.82) is 0 Å². The fourth-order valence-electron chi connectivity index (χ4n) is 3.82. The molecule has 0 fully saturated rings. The van der Waals surface area contributed by atoms with E-state index in [4.69, 9.17) is 9.15 Å². The Morgan fingerprint density at radius 2 is 1.94 bits per heavy atom. The predicted octanol–water partition coefficient (Wildman–Crippen LogP) is 3.96. The summed E-state index contributed by atoms with van der Waals surface area (Å²) in [6.45, 7) is 2.44. The summed E-state index contributed by atoms with van der Waals surface area (Å²) in [5.41, 5.74) is 2.72. The van der Waals surface area contributed by atoms with Crippen LogP contribution in [0, 0.1) is 0 Å². The number of furan rings is 1. The van der Waals surface area contributed by atoms with E-state index >= 15 is 0 Å². The van der Waals surface area contributed by atoms with Crippen LogP contribution in [0.15, 0.2) is 59.2 Å². The summed E-state index contributed by atoms with van der Waals surface area (Å²) in [6.07, 6.45) is 2.91. The van der Waals surface area contributed by atoms with Crippen molar-refractivity contribution in [3.63, 3.8) is 0 Å². The molecular weight excluding hydrogens is 420 g/mol. The highest BCUT2D eigenvalue weighted by molar-refractivity contribution is 6.11. The molecule has 33 heavy (non-hydrogen) atoms. The molecule has 8 nitrogen and oxygen atoms in total. The summed E-state index contributed by atoms with van der Waals surface area (Å²) in [5.74, 6) is 1.54. The maximum Gasteiger partial charge on any atom is 0.259 e. The van der Waals surface area contributed by atoms with Crippen LogP contribution >= 0.6 is 0 Å². The van der Waals surface area contributed by atoms with Crippen LogP contribution in [0.3, 0.4) is 0 Å². The van der Waals surface area contributed by atoms with Gasteiger partial charge in [-0.05, 0) is 36.4 Å². The summed E-state index contributed by atoms with van der Waals surface area (Å²) in [5, 5.41) is 5.85. The molecule has 2 N–H and O–H groups in total. The van der Waals surface area contributed by atoms with Crippen LogP contribution in [0.5, 0.6) is 5.75 Å². The molecule has 0 saturated carbocycles. The van der Waals surface area contributed by atoms with Crippen LogP contribution in [0.4, 0.5) is 5.69 Å². The SMILES string of the molecule is CCc1nc2cc(C(=O)NCCc3ccco3)cc(NC(=O)c3ccccc3OC)c2n1C. The van der Waals surface area contributed by atoms with E-state index in [9.17, 15) is 9.59 Å².